The van der Waals surface area contributed by atoms with E-state index < -0.39 is 32.2 Å². The molecule has 3 aromatic carbocycles. The highest BCUT2D eigenvalue weighted by Gasteiger charge is 2.26. The number of nitrogens with one attached hydrogen (secondary N) is 2. The largest absolute Gasteiger partial charge is 0.382 e. The molecular formula is C30H27ClF2N6O3S. The number of benzene rings is 3. The average Bonchev–Trinajstić information content (AvgIpc) is 3.36. The maximum atomic E-state index is 15.6. The maximum Gasteiger partial charge on any atom is 0.264 e. The van der Waals surface area contributed by atoms with Gasteiger partial charge in [-0.05, 0) is 36.4 Å². The number of aromatic nitrogens is 3. The first-order valence-electron chi connectivity index (χ1n) is 13.4. The third kappa shape index (κ3) is 5.26. The predicted molar refractivity (Wildman–Crippen MR) is 163 cm³/mol. The zero-order chi connectivity index (χ0) is 30.5. The van der Waals surface area contributed by atoms with Gasteiger partial charge < -0.3 is 15.8 Å². The molecule has 2 aromatic heterocycles. The highest BCUT2D eigenvalue weighted by atomic mass is 35.5. The van der Waals surface area contributed by atoms with Crippen LogP contribution in [0, 0.1) is 11.6 Å². The van der Waals surface area contributed by atoms with Gasteiger partial charge in [0.05, 0.1) is 41.9 Å². The van der Waals surface area contributed by atoms with Gasteiger partial charge in [0.25, 0.3) is 10.0 Å². The summed E-state index contributed by atoms with van der Waals surface area (Å²) in [4.78, 5) is 8.62. The summed E-state index contributed by atoms with van der Waals surface area (Å²) in [6.07, 6.45) is 1.66. The number of nitrogen functional groups attached to an aromatic ring is 1. The number of hydrogen-bond acceptors (Lipinski definition) is 7. The van der Waals surface area contributed by atoms with Crippen molar-refractivity contribution in [1.29, 1.82) is 0 Å². The van der Waals surface area contributed by atoms with Gasteiger partial charge in [0.15, 0.2) is 5.82 Å². The summed E-state index contributed by atoms with van der Waals surface area (Å²) >= 11 is 6.50. The molecule has 1 aliphatic rings. The van der Waals surface area contributed by atoms with Gasteiger partial charge in [0, 0.05) is 22.7 Å². The summed E-state index contributed by atoms with van der Waals surface area (Å²) in [7, 11) is -4.44. The third-order valence-electron chi connectivity index (χ3n) is 7.13. The molecule has 1 aliphatic heterocycles. The number of hydrogen-bond donors (Lipinski definition) is 3. The Morgan fingerprint density at radius 3 is 2.44 bits per heavy atom. The van der Waals surface area contributed by atoms with Crippen molar-refractivity contribution < 1.29 is 21.9 Å². The Morgan fingerprint density at radius 1 is 1.07 bits per heavy atom. The van der Waals surface area contributed by atoms with Gasteiger partial charge in [-0.3, -0.25) is 9.12 Å². The van der Waals surface area contributed by atoms with E-state index in [1.54, 1.807) is 6.20 Å². The van der Waals surface area contributed by atoms with E-state index in [0.717, 1.165) is 29.1 Å². The molecule has 0 atom stereocenters. The normalized spacial score (nSPS) is 13.8. The maximum absolute atomic E-state index is 15.6. The van der Waals surface area contributed by atoms with Gasteiger partial charge in [-0.1, -0.05) is 49.7 Å². The summed E-state index contributed by atoms with van der Waals surface area (Å²) in [6.45, 7) is 5.27. The molecule has 9 nitrogen and oxygen atoms in total. The standard InChI is InChI=1S/C30H27ClF2N6O3S/c1-16(2)30-37-27(20-11-12-22(26(33)25(20)31)38-43(40,41)24-6-4-3-5-21(24)32)28-29(34)35-13-23(39(28)30)17-7-9-18(10-8-17)36-19-14-42-15-19/h3-13,16,19,36,38H,14-15H2,1-2H3,(H2,34,35). The Bertz CT molecular complexity index is 1960. The molecule has 4 N–H and O–H groups in total. The zero-order valence-corrected chi connectivity index (χ0v) is 24.7. The molecule has 1 saturated heterocycles. The Labute approximate surface area is 251 Å². The molecule has 13 heteroatoms. The molecule has 5 aromatic rings. The molecule has 0 spiro atoms. The van der Waals surface area contributed by atoms with Crippen LogP contribution in [0.15, 0.2) is 71.8 Å². The lowest BCUT2D eigenvalue weighted by atomic mass is 10.1. The molecule has 0 saturated carbocycles. The number of halogens is 3. The molecule has 6 rings (SSSR count). The third-order valence-corrected chi connectivity index (χ3v) is 8.89. The summed E-state index contributed by atoms with van der Waals surface area (Å²) < 4.78 is 64.6. The van der Waals surface area contributed by atoms with Crippen LogP contribution >= 0.6 is 11.6 Å². The first-order valence-corrected chi connectivity index (χ1v) is 15.3. The second-order valence-corrected chi connectivity index (χ2v) is 12.5. The molecule has 0 bridgehead atoms. The van der Waals surface area contributed by atoms with Crippen molar-refractivity contribution in [2.45, 2.75) is 30.7 Å². The van der Waals surface area contributed by atoms with E-state index >= 15 is 4.39 Å². The molecule has 1 fully saturated rings. The second kappa shape index (κ2) is 11.1. The predicted octanol–water partition coefficient (Wildman–Crippen LogP) is 6.31. The lowest BCUT2D eigenvalue weighted by Crippen LogP contribution is -2.40. The first-order chi connectivity index (χ1) is 20.5. The van der Waals surface area contributed by atoms with E-state index in [0.29, 0.717) is 24.6 Å². The van der Waals surface area contributed by atoms with Crippen LogP contribution < -0.4 is 15.8 Å². The number of imidazole rings is 1. The molecule has 0 aliphatic carbocycles. The van der Waals surface area contributed by atoms with Gasteiger partial charge >= 0.3 is 0 Å². The monoisotopic (exact) mass is 624 g/mol. The van der Waals surface area contributed by atoms with Crippen LogP contribution in [0.5, 0.6) is 0 Å². The van der Waals surface area contributed by atoms with Crippen molar-refractivity contribution in [1.82, 2.24) is 14.4 Å². The van der Waals surface area contributed by atoms with Crippen molar-refractivity contribution >= 4 is 44.3 Å². The molecule has 43 heavy (non-hydrogen) atoms. The van der Waals surface area contributed by atoms with Crippen molar-refractivity contribution in [3.8, 4) is 22.5 Å². The fourth-order valence-corrected chi connectivity index (χ4v) is 6.31. The highest BCUT2D eigenvalue weighted by molar-refractivity contribution is 7.92. The smallest absolute Gasteiger partial charge is 0.264 e. The number of nitrogens with zero attached hydrogens (tertiary/aromatic N) is 3. The molecule has 3 heterocycles. The van der Waals surface area contributed by atoms with E-state index in [1.165, 1.54) is 24.3 Å². The Hall–Kier alpha value is -4.26. The topological polar surface area (TPSA) is 124 Å². The van der Waals surface area contributed by atoms with Crippen LogP contribution in [-0.4, -0.2) is 42.0 Å². The molecular weight excluding hydrogens is 598 g/mol. The van der Waals surface area contributed by atoms with Crippen LogP contribution in [-0.2, 0) is 14.8 Å². The number of fused-ring (bicyclic) bond motifs is 1. The van der Waals surface area contributed by atoms with Gasteiger partial charge in [-0.2, -0.15) is 0 Å². The summed E-state index contributed by atoms with van der Waals surface area (Å²) in [6, 6.07) is 15.6. The van der Waals surface area contributed by atoms with E-state index in [9.17, 15) is 12.8 Å². The van der Waals surface area contributed by atoms with E-state index in [-0.39, 0.29) is 34.1 Å². The fraction of sp³-hybridized carbons (Fsp3) is 0.200. The number of rotatable bonds is 8. The fourth-order valence-electron chi connectivity index (χ4n) is 4.91. The van der Waals surface area contributed by atoms with E-state index in [2.05, 4.69) is 15.0 Å². The van der Waals surface area contributed by atoms with E-state index in [4.69, 9.17) is 27.1 Å². The number of nitrogens with two attached hydrogens (primary N) is 1. The molecule has 0 amide bonds. The van der Waals surface area contributed by atoms with E-state index in [1.807, 2.05) is 42.5 Å². The first kappa shape index (κ1) is 28.8. The summed E-state index contributed by atoms with van der Waals surface area (Å²) in [5, 5.41) is 3.02. The van der Waals surface area contributed by atoms with Crippen molar-refractivity contribution in [2.24, 2.45) is 0 Å². The van der Waals surface area contributed by atoms with Crippen LogP contribution in [0.2, 0.25) is 5.02 Å². The second-order valence-electron chi connectivity index (χ2n) is 10.5. The van der Waals surface area contributed by atoms with Crippen LogP contribution in [0.3, 0.4) is 0 Å². The number of ether oxygens (including phenoxy) is 1. The van der Waals surface area contributed by atoms with Crippen molar-refractivity contribution in [2.75, 3.05) is 29.0 Å². The Balaban J connectivity index is 1.43. The lowest BCUT2D eigenvalue weighted by Gasteiger charge is -2.27. The minimum Gasteiger partial charge on any atom is -0.382 e. The Kier molecular flexibility index (Phi) is 7.45. The van der Waals surface area contributed by atoms with Gasteiger partial charge in [-0.25, -0.2) is 27.2 Å². The minimum atomic E-state index is -4.44. The van der Waals surface area contributed by atoms with Crippen LogP contribution in [0.4, 0.5) is 26.0 Å². The van der Waals surface area contributed by atoms with Gasteiger partial charge in [0.1, 0.15) is 33.6 Å². The molecule has 222 valence electrons. The number of sulfonamides is 1. The van der Waals surface area contributed by atoms with Crippen molar-refractivity contribution in [3.05, 3.63) is 89.3 Å². The minimum absolute atomic E-state index is 0.0724. The molecule has 0 unspecified atom stereocenters. The van der Waals surface area contributed by atoms with Gasteiger partial charge in [0.2, 0.25) is 0 Å². The SMILES string of the molecule is CC(C)c1nc(-c2ccc(NS(=O)(=O)c3ccccc3F)c(F)c2Cl)c2c(N)ncc(-c3ccc(NC4COC4)cc3)n12. The highest BCUT2D eigenvalue weighted by Crippen LogP contribution is 2.40. The summed E-state index contributed by atoms with van der Waals surface area (Å²) in [5.74, 6) is -1.29. The number of anilines is 3. The summed E-state index contributed by atoms with van der Waals surface area (Å²) in [5.41, 5.74) is 9.36. The Morgan fingerprint density at radius 2 is 1.79 bits per heavy atom. The van der Waals surface area contributed by atoms with Gasteiger partial charge in [-0.15, -0.1) is 0 Å². The quantitative estimate of drug-likeness (QED) is 0.185. The van der Waals surface area contributed by atoms with Crippen LogP contribution in [0.25, 0.3) is 28.0 Å². The zero-order valence-electron chi connectivity index (χ0n) is 23.1. The van der Waals surface area contributed by atoms with Crippen LogP contribution in [0.1, 0.15) is 25.6 Å². The average molecular weight is 625 g/mol. The lowest BCUT2D eigenvalue weighted by molar-refractivity contribution is 0.0211. The molecule has 0 radical (unpaired) electrons. The van der Waals surface area contributed by atoms with Crippen molar-refractivity contribution in [3.63, 3.8) is 0 Å².